The summed E-state index contributed by atoms with van der Waals surface area (Å²) in [6.07, 6.45) is 2.96. The number of nitrogens with one attached hydrogen (secondary N) is 2. The average molecular weight is 343 g/mol. The molecular formula is C17H21N5O3. The molecule has 0 bridgehead atoms. The minimum Gasteiger partial charge on any atom is -0.347 e. The summed E-state index contributed by atoms with van der Waals surface area (Å²) in [5, 5.41) is 6.42. The Balaban J connectivity index is 1.97. The molecule has 1 amide bonds. The molecule has 3 rings (SSSR count). The second kappa shape index (κ2) is 6.64. The monoisotopic (exact) mass is 343 g/mol. The SMILES string of the molecule is Cc1cc(C(=O)NCC2=CCNCC2)nc2c1c(=O)n(C)c(=O)n2C. The van der Waals surface area contributed by atoms with Gasteiger partial charge in [-0.05, 0) is 31.5 Å². The van der Waals surface area contributed by atoms with Gasteiger partial charge in [-0.1, -0.05) is 11.6 Å². The molecular weight excluding hydrogens is 322 g/mol. The van der Waals surface area contributed by atoms with Gasteiger partial charge in [-0.15, -0.1) is 0 Å². The number of hydrogen-bond acceptors (Lipinski definition) is 5. The summed E-state index contributed by atoms with van der Waals surface area (Å²) in [6, 6.07) is 1.58. The van der Waals surface area contributed by atoms with Gasteiger partial charge in [0.2, 0.25) is 0 Å². The Morgan fingerprint density at radius 2 is 2.08 bits per heavy atom. The fraction of sp³-hybridized carbons (Fsp3) is 0.412. The maximum atomic E-state index is 12.4. The number of amides is 1. The molecule has 2 aromatic rings. The highest BCUT2D eigenvalue weighted by molar-refractivity contribution is 5.95. The van der Waals surface area contributed by atoms with Crippen LogP contribution in [-0.4, -0.2) is 39.7 Å². The molecule has 132 valence electrons. The lowest BCUT2D eigenvalue weighted by Crippen LogP contribution is -2.38. The topological polar surface area (TPSA) is 98.0 Å². The molecule has 0 atom stereocenters. The summed E-state index contributed by atoms with van der Waals surface area (Å²) in [5.74, 6) is -0.322. The molecule has 0 spiro atoms. The van der Waals surface area contributed by atoms with E-state index in [0.717, 1.165) is 24.1 Å². The number of hydrogen-bond donors (Lipinski definition) is 2. The van der Waals surface area contributed by atoms with Gasteiger partial charge in [-0.25, -0.2) is 9.78 Å². The highest BCUT2D eigenvalue weighted by Gasteiger charge is 2.16. The molecule has 0 radical (unpaired) electrons. The lowest BCUT2D eigenvalue weighted by molar-refractivity contribution is 0.0952. The first-order chi connectivity index (χ1) is 11.9. The van der Waals surface area contributed by atoms with Gasteiger partial charge in [-0.2, -0.15) is 0 Å². The largest absolute Gasteiger partial charge is 0.347 e. The normalized spacial score (nSPS) is 14.4. The lowest BCUT2D eigenvalue weighted by Gasteiger charge is -2.15. The zero-order valence-electron chi connectivity index (χ0n) is 14.5. The smallest absolute Gasteiger partial charge is 0.332 e. The number of pyridine rings is 1. The van der Waals surface area contributed by atoms with Crippen molar-refractivity contribution in [1.82, 2.24) is 24.8 Å². The maximum absolute atomic E-state index is 12.4. The van der Waals surface area contributed by atoms with Gasteiger partial charge >= 0.3 is 5.69 Å². The Labute approximate surface area is 144 Å². The Morgan fingerprint density at radius 1 is 1.32 bits per heavy atom. The number of aromatic nitrogens is 3. The molecule has 8 heteroatoms. The van der Waals surface area contributed by atoms with Crippen LogP contribution in [0.25, 0.3) is 11.0 Å². The third kappa shape index (κ3) is 3.12. The summed E-state index contributed by atoms with van der Waals surface area (Å²) in [5.41, 5.74) is 1.33. The van der Waals surface area contributed by atoms with Gasteiger partial charge in [0.25, 0.3) is 11.5 Å². The summed E-state index contributed by atoms with van der Waals surface area (Å²) < 4.78 is 2.33. The first-order valence-corrected chi connectivity index (χ1v) is 8.14. The first-order valence-electron chi connectivity index (χ1n) is 8.14. The van der Waals surface area contributed by atoms with Crippen LogP contribution in [0.15, 0.2) is 27.3 Å². The van der Waals surface area contributed by atoms with E-state index in [1.807, 2.05) is 0 Å². The van der Waals surface area contributed by atoms with Crippen LogP contribution in [0.2, 0.25) is 0 Å². The average Bonchev–Trinajstić information content (AvgIpc) is 2.62. The minimum atomic E-state index is -0.471. The molecule has 0 saturated carbocycles. The molecule has 0 aliphatic carbocycles. The van der Waals surface area contributed by atoms with Crippen LogP contribution < -0.4 is 21.9 Å². The zero-order chi connectivity index (χ0) is 18.1. The second-order valence-corrected chi connectivity index (χ2v) is 6.23. The van der Waals surface area contributed by atoms with Crippen LogP contribution in [0.1, 0.15) is 22.5 Å². The van der Waals surface area contributed by atoms with Crippen molar-refractivity contribution in [2.45, 2.75) is 13.3 Å². The molecule has 25 heavy (non-hydrogen) atoms. The van der Waals surface area contributed by atoms with Crippen LogP contribution in [0.3, 0.4) is 0 Å². The molecule has 0 aromatic carbocycles. The number of nitrogens with zero attached hydrogens (tertiary/aromatic N) is 3. The predicted octanol–water partition coefficient (Wildman–Crippen LogP) is -0.410. The molecule has 2 aromatic heterocycles. The van der Waals surface area contributed by atoms with Gasteiger partial charge in [0.05, 0.1) is 5.39 Å². The van der Waals surface area contributed by atoms with Crippen molar-refractivity contribution in [2.24, 2.45) is 14.1 Å². The molecule has 2 N–H and O–H groups in total. The van der Waals surface area contributed by atoms with Crippen LogP contribution in [0, 0.1) is 6.92 Å². The van der Waals surface area contributed by atoms with Crippen LogP contribution >= 0.6 is 0 Å². The maximum Gasteiger partial charge on any atom is 0.332 e. The van der Waals surface area contributed by atoms with E-state index in [0.29, 0.717) is 17.5 Å². The van der Waals surface area contributed by atoms with Crippen molar-refractivity contribution in [3.05, 3.63) is 49.8 Å². The molecule has 8 nitrogen and oxygen atoms in total. The number of carbonyl (C=O) groups is 1. The highest BCUT2D eigenvalue weighted by Crippen LogP contribution is 2.13. The Morgan fingerprint density at radius 3 is 2.76 bits per heavy atom. The fourth-order valence-corrected chi connectivity index (χ4v) is 2.96. The van der Waals surface area contributed by atoms with E-state index in [4.69, 9.17) is 0 Å². The van der Waals surface area contributed by atoms with Crippen molar-refractivity contribution >= 4 is 16.9 Å². The molecule has 1 aliphatic heterocycles. The van der Waals surface area contributed by atoms with Gasteiger partial charge in [-0.3, -0.25) is 18.7 Å². The number of fused-ring (bicyclic) bond motifs is 1. The second-order valence-electron chi connectivity index (χ2n) is 6.23. The molecule has 0 unspecified atom stereocenters. The summed E-state index contributed by atoms with van der Waals surface area (Å²) in [6.45, 7) is 3.92. The summed E-state index contributed by atoms with van der Waals surface area (Å²) >= 11 is 0. The van der Waals surface area contributed by atoms with Crippen molar-refractivity contribution in [3.8, 4) is 0 Å². The number of carbonyl (C=O) groups excluding carboxylic acids is 1. The Kier molecular flexibility index (Phi) is 4.54. The van der Waals surface area contributed by atoms with Crippen LogP contribution in [0.4, 0.5) is 0 Å². The predicted molar refractivity (Wildman–Crippen MR) is 94.9 cm³/mol. The van der Waals surface area contributed by atoms with Crippen molar-refractivity contribution in [1.29, 1.82) is 0 Å². The minimum absolute atomic E-state index is 0.197. The van der Waals surface area contributed by atoms with E-state index in [2.05, 4.69) is 21.7 Å². The van der Waals surface area contributed by atoms with E-state index in [9.17, 15) is 14.4 Å². The van der Waals surface area contributed by atoms with E-state index in [1.54, 1.807) is 13.0 Å². The van der Waals surface area contributed by atoms with Gasteiger partial charge < -0.3 is 10.6 Å². The standard InChI is InChI=1S/C17H21N5O3/c1-10-8-12(15(23)19-9-11-4-6-18-7-5-11)20-14-13(10)16(24)22(3)17(25)21(14)2/h4,8,18H,5-7,9H2,1-3H3,(H,19,23). The summed E-state index contributed by atoms with van der Waals surface area (Å²) in [4.78, 5) is 41.1. The highest BCUT2D eigenvalue weighted by atomic mass is 16.2. The third-order valence-electron chi connectivity index (χ3n) is 4.47. The van der Waals surface area contributed by atoms with E-state index in [1.165, 1.54) is 24.2 Å². The van der Waals surface area contributed by atoms with Gasteiger partial charge in [0.15, 0.2) is 0 Å². The van der Waals surface area contributed by atoms with E-state index < -0.39 is 11.2 Å². The number of rotatable bonds is 3. The molecule has 3 heterocycles. The molecule has 0 saturated heterocycles. The molecule has 0 fully saturated rings. The van der Waals surface area contributed by atoms with Crippen LogP contribution in [-0.2, 0) is 14.1 Å². The van der Waals surface area contributed by atoms with Gasteiger partial charge in [0, 0.05) is 27.2 Å². The summed E-state index contributed by atoms with van der Waals surface area (Å²) in [7, 11) is 2.97. The first kappa shape index (κ1) is 17.1. The van der Waals surface area contributed by atoms with Gasteiger partial charge in [0.1, 0.15) is 11.3 Å². The lowest BCUT2D eigenvalue weighted by atomic mass is 10.1. The van der Waals surface area contributed by atoms with Crippen LogP contribution in [0.5, 0.6) is 0 Å². The third-order valence-corrected chi connectivity index (χ3v) is 4.47. The number of aryl methyl sites for hydroxylation is 2. The van der Waals surface area contributed by atoms with E-state index in [-0.39, 0.29) is 17.2 Å². The van der Waals surface area contributed by atoms with Crippen molar-refractivity contribution < 1.29 is 4.79 Å². The molecule has 1 aliphatic rings. The quantitative estimate of drug-likeness (QED) is 0.739. The van der Waals surface area contributed by atoms with Crippen molar-refractivity contribution in [3.63, 3.8) is 0 Å². The fourth-order valence-electron chi connectivity index (χ4n) is 2.96. The van der Waals surface area contributed by atoms with Crippen molar-refractivity contribution in [2.75, 3.05) is 19.6 Å². The Hall–Kier alpha value is -2.74. The zero-order valence-corrected chi connectivity index (χ0v) is 14.5. The Bertz CT molecular complexity index is 1000. The van der Waals surface area contributed by atoms with E-state index >= 15 is 0 Å².